The number of amides is 5. The Bertz CT molecular complexity index is 536. The minimum Gasteiger partial charge on any atom is -0.368 e. The zero-order chi connectivity index (χ0) is 20.4. The second-order valence-electron chi connectivity index (χ2n) is 7.56. The molecular formula is C19H34N4O4. The summed E-state index contributed by atoms with van der Waals surface area (Å²) in [7, 11) is 0. The lowest BCUT2D eigenvalue weighted by Gasteiger charge is -2.22. The van der Waals surface area contributed by atoms with Gasteiger partial charge in [0.1, 0.15) is 12.1 Å². The molecule has 2 atom stereocenters. The standard InChI is InChI=1S/C19H34N4O4/c1-4-5-6-7-10-16(24)21-11-8-9-15(17(20)25)23-18(26)14(12-13(2)3)22-19(23)27/h13-15H,4-12H2,1-3H3,(H2,20,25)(H,21,24)(H,22,27). The number of hydrogen-bond acceptors (Lipinski definition) is 4. The molecule has 8 heteroatoms. The number of nitrogens with one attached hydrogen (secondary N) is 2. The van der Waals surface area contributed by atoms with Gasteiger partial charge in [-0.05, 0) is 31.6 Å². The normalized spacial score (nSPS) is 17.9. The van der Waals surface area contributed by atoms with E-state index >= 15 is 0 Å². The Morgan fingerprint density at radius 1 is 1.19 bits per heavy atom. The van der Waals surface area contributed by atoms with Gasteiger partial charge in [0.05, 0.1) is 0 Å². The minimum atomic E-state index is -0.990. The van der Waals surface area contributed by atoms with Gasteiger partial charge in [0.25, 0.3) is 5.91 Å². The first-order chi connectivity index (χ1) is 12.8. The molecule has 1 aliphatic rings. The van der Waals surface area contributed by atoms with Gasteiger partial charge in [0, 0.05) is 13.0 Å². The lowest BCUT2D eigenvalue weighted by atomic mass is 10.0. The van der Waals surface area contributed by atoms with Crippen molar-refractivity contribution in [1.29, 1.82) is 0 Å². The van der Waals surface area contributed by atoms with Crippen LogP contribution in [0.4, 0.5) is 4.79 Å². The van der Waals surface area contributed by atoms with Crippen LogP contribution in [0, 0.1) is 5.92 Å². The molecule has 8 nitrogen and oxygen atoms in total. The molecule has 0 aromatic heterocycles. The monoisotopic (exact) mass is 382 g/mol. The van der Waals surface area contributed by atoms with Crippen molar-refractivity contribution in [2.24, 2.45) is 11.7 Å². The largest absolute Gasteiger partial charge is 0.368 e. The van der Waals surface area contributed by atoms with Crippen LogP contribution in [-0.4, -0.2) is 47.3 Å². The zero-order valence-corrected chi connectivity index (χ0v) is 16.8. The van der Waals surface area contributed by atoms with E-state index in [9.17, 15) is 19.2 Å². The number of nitrogens with zero attached hydrogens (tertiary/aromatic N) is 1. The molecule has 0 aromatic rings. The van der Waals surface area contributed by atoms with Crippen LogP contribution in [-0.2, 0) is 14.4 Å². The van der Waals surface area contributed by atoms with Gasteiger partial charge in [0.15, 0.2) is 0 Å². The second kappa shape index (κ2) is 11.6. The predicted molar refractivity (Wildman–Crippen MR) is 103 cm³/mol. The number of urea groups is 1. The summed E-state index contributed by atoms with van der Waals surface area (Å²) in [4.78, 5) is 49.1. The fourth-order valence-corrected chi connectivity index (χ4v) is 3.20. The van der Waals surface area contributed by atoms with Gasteiger partial charge >= 0.3 is 6.03 Å². The van der Waals surface area contributed by atoms with Gasteiger partial charge in [-0.25, -0.2) is 9.69 Å². The molecule has 1 saturated heterocycles. The van der Waals surface area contributed by atoms with Crippen LogP contribution in [0.5, 0.6) is 0 Å². The van der Waals surface area contributed by atoms with E-state index in [0.717, 1.165) is 30.6 Å². The molecule has 1 heterocycles. The van der Waals surface area contributed by atoms with Crippen LogP contribution < -0.4 is 16.4 Å². The zero-order valence-electron chi connectivity index (χ0n) is 16.8. The summed E-state index contributed by atoms with van der Waals surface area (Å²) in [5.41, 5.74) is 5.42. The molecule has 1 aliphatic heterocycles. The highest BCUT2D eigenvalue weighted by Gasteiger charge is 2.43. The summed E-state index contributed by atoms with van der Waals surface area (Å²) in [6.45, 7) is 6.41. The Labute approximate surface area is 161 Å². The molecule has 5 amide bonds. The van der Waals surface area contributed by atoms with Crippen molar-refractivity contribution in [3.63, 3.8) is 0 Å². The highest BCUT2D eigenvalue weighted by molar-refractivity contribution is 6.07. The first-order valence-electron chi connectivity index (χ1n) is 9.97. The molecule has 0 spiro atoms. The first-order valence-corrected chi connectivity index (χ1v) is 9.97. The Hall–Kier alpha value is -2.12. The topological polar surface area (TPSA) is 122 Å². The third kappa shape index (κ3) is 7.56. The number of carbonyl (C=O) groups is 4. The van der Waals surface area contributed by atoms with E-state index < -0.39 is 29.9 Å². The summed E-state index contributed by atoms with van der Waals surface area (Å²) >= 11 is 0. The van der Waals surface area contributed by atoms with E-state index in [1.165, 1.54) is 0 Å². The maximum absolute atomic E-state index is 12.5. The Morgan fingerprint density at radius 3 is 2.48 bits per heavy atom. The maximum atomic E-state index is 12.5. The van der Waals surface area contributed by atoms with Gasteiger partial charge < -0.3 is 16.4 Å². The molecule has 0 radical (unpaired) electrons. The van der Waals surface area contributed by atoms with E-state index in [4.69, 9.17) is 5.73 Å². The summed E-state index contributed by atoms with van der Waals surface area (Å²) in [5.74, 6) is -0.903. The first kappa shape index (κ1) is 22.9. The van der Waals surface area contributed by atoms with E-state index in [2.05, 4.69) is 17.6 Å². The molecule has 0 saturated carbocycles. The molecule has 1 fully saturated rings. The minimum absolute atomic E-state index is 0.0197. The van der Waals surface area contributed by atoms with Gasteiger partial charge in [-0.3, -0.25) is 14.4 Å². The van der Waals surface area contributed by atoms with Crippen LogP contribution in [0.15, 0.2) is 0 Å². The highest BCUT2D eigenvalue weighted by Crippen LogP contribution is 2.19. The van der Waals surface area contributed by atoms with Gasteiger partial charge in [-0.15, -0.1) is 0 Å². The summed E-state index contributed by atoms with van der Waals surface area (Å²) in [6, 6.07) is -2.17. The molecule has 0 aromatic carbocycles. The summed E-state index contributed by atoms with van der Waals surface area (Å²) in [6.07, 6.45) is 5.85. The highest BCUT2D eigenvalue weighted by atomic mass is 16.2. The van der Waals surface area contributed by atoms with Crippen molar-refractivity contribution in [2.75, 3.05) is 6.54 Å². The SMILES string of the molecule is CCCCCCC(=O)NCCCC(C(N)=O)N1C(=O)NC(CC(C)C)C1=O. The Morgan fingerprint density at radius 2 is 1.89 bits per heavy atom. The third-order valence-electron chi connectivity index (χ3n) is 4.63. The number of imide groups is 1. The number of hydrogen-bond donors (Lipinski definition) is 3. The molecule has 154 valence electrons. The van der Waals surface area contributed by atoms with E-state index in [0.29, 0.717) is 25.8 Å². The van der Waals surface area contributed by atoms with E-state index in [-0.39, 0.29) is 18.2 Å². The van der Waals surface area contributed by atoms with Crippen molar-refractivity contribution in [3.05, 3.63) is 0 Å². The fourth-order valence-electron chi connectivity index (χ4n) is 3.20. The number of carbonyl (C=O) groups excluding carboxylic acids is 4. The summed E-state index contributed by atoms with van der Waals surface area (Å²) < 4.78 is 0. The third-order valence-corrected chi connectivity index (χ3v) is 4.63. The van der Waals surface area contributed by atoms with Crippen LogP contribution in [0.3, 0.4) is 0 Å². The number of primary amides is 1. The van der Waals surface area contributed by atoms with Gasteiger partial charge in [0.2, 0.25) is 11.8 Å². The lowest BCUT2D eigenvalue weighted by molar-refractivity contribution is -0.135. The van der Waals surface area contributed by atoms with Gasteiger partial charge in [-0.1, -0.05) is 40.0 Å². The van der Waals surface area contributed by atoms with Crippen LogP contribution in [0.1, 0.15) is 72.1 Å². The molecule has 0 aliphatic carbocycles. The van der Waals surface area contributed by atoms with Crippen molar-refractivity contribution in [3.8, 4) is 0 Å². The van der Waals surface area contributed by atoms with Crippen LogP contribution in [0.2, 0.25) is 0 Å². The van der Waals surface area contributed by atoms with E-state index in [1.54, 1.807) is 0 Å². The fraction of sp³-hybridized carbons (Fsp3) is 0.789. The van der Waals surface area contributed by atoms with Gasteiger partial charge in [-0.2, -0.15) is 0 Å². The average molecular weight is 383 g/mol. The molecular weight excluding hydrogens is 348 g/mol. The van der Waals surface area contributed by atoms with Crippen LogP contribution in [0.25, 0.3) is 0 Å². The Balaban J connectivity index is 2.46. The molecule has 27 heavy (non-hydrogen) atoms. The second-order valence-corrected chi connectivity index (χ2v) is 7.56. The predicted octanol–water partition coefficient (Wildman–Crippen LogP) is 1.67. The summed E-state index contributed by atoms with van der Waals surface area (Å²) in [5, 5.41) is 5.43. The average Bonchev–Trinajstić information content (AvgIpc) is 2.85. The van der Waals surface area contributed by atoms with Crippen molar-refractivity contribution < 1.29 is 19.2 Å². The maximum Gasteiger partial charge on any atom is 0.325 e. The molecule has 2 unspecified atom stereocenters. The van der Waals surface area contributed by atoms with E-state index in [1.807, 2.05) is 13.8 Å². The van der Waals surface area contributed by atoms with Crippen LogP contribution >= 0.6 is 0 Å². The lowest BCUT2D eigenvalue weighted by Crippen LogP contribution is -2.48. The smallest absolute Gasteiger partial charge is 0.325 e. The Kier molecular flexibility index (Phi) is 9.82. The van der Waals surface area contributed by atoms with Crippen molar-refractivity contribution in [2.45, 2.75) is 84.2 Å². The molecule has 0 bridgehead atoms. The van der Waals surface area contributed by atoms with Crippen molar-refractivity contribution in [1.82, 2.24) is 15.5 Å². The quantitative estimate of drug-likeness (QED) is 0.331. The number of rotatable bonds is 13. The number of unbranched alkanes of at least 4 members (excludes halogenated alkanes) is 3. The molecule has 1 rings (SSSR count). The molecule has 4 N–H and O–H groups in total. The van der Waals surface area contributed by atoms with Crippen molar-refractivity contribution >= 4 is 23.8 Å². The number of nitrogens with two attached hydrogens (primary N) is 1.